The molecule has 17 heavy (non-hydrogen) atoms. The second kappa shape index (κ2) is 4.85. The van der Waals surface area contributed by atoms with Gasteiger partial charge in [0.15, 0.2) is 0 Å². The number of nitrogens with zero attached hydrogens (tertiary/aromatic N) is 2. The number of imide groups is 1. The van der Waals surface area contributed by atoms with E-state index in [2.05, 4.69) is 5.16 Å². The number of hydrogen-bond donors (Lipinski definition) is 1. The van der Waals surface area contributed by atoms with Crippen LogP contribution in [-0.4, -0.2) is 34.2 Å². The first-order chi connectivity index (χ1) is 8.19. The summed E-state index contributed by atoms with van der Waals surface area (Å²) in [6.45, 7) is 2.57. The van der Waals surface area contributed by atoms with E-state index in [0.29, 0.717) is 31.5 Å². The van der Waals surface area contributed by atoms with Gasteiger partial charge >= 0.3 is 0 Å². The van der Waals surface area contributed by atoms with Gasteiger partial charge in [-0.1, -0.05) is 18.5 Å². The molecule has 0 bridgehead atoms. The fourth-order valence-electron chi connectivity index (χ4n) is 2.71. The van der Waals surface area contributed by atoms with Crippen molar-refractivity contribution in [2.45, 2.75) is 39.0 Å². The molecule has 1 heterocycles. The SMILES string of the molecule is CCCCN1C(=O)[C@@H]2CC/C(=N\O)C[C@H]2C1=O. The van der Waals surface area contributed by atoms with Gasteiger partial charge in [-0.3, -0.25) is 14.5 Å². The number of likely N-dealkylation sites (tertiary alicyclic amines) is 1. The molecule has 0 aromatic heterocycles. The molecule has 0 unspecified atom stereocenters. The third kappa shape index (κ3) is 2.06. The van der Waals surface area contributed by atoms with E-state index >= 15 is 0 Å². The summed E-state index contributed by atoms with van der Waals surface area (Å²) in [5, 5.41) is 11.9. The quantitative estimate of drug-likeness (QED) is 0.459. The van der Waals surface area contributed by atoms with Gasteiger partial charge in [-0.15, -0.1) is 0 Å². The van der Waals surface area contributed by atoms with E-state index in [1.165, 1.54) is 4.90 Å². The van der Waals surface area contributed by atoms with Crippen LogP contribution in [0.3, 0.4) is 0 Å². The van der Waals surface area contributed by atoms with Gasteiger partial charge in [0.2, 0.25) is 11.8 Å². The fraction of sp³-hybridized carbons (Fsp3) is 0.750. The van der Waals surface area contributed by atoms with Gasteiger partial charge in [0.05, 0.1) is 17.5 Å². The van der Waals surface area contributed by atoms with E-state index in [4.69, 9.17) is 5.21 Å². The Bertz CT molecular complexity index is 365. The number of oxime groups is 1. The molecule has 94 valence electrons. The molecule has 1 aliphatic carbocycles. The molecule has 0 spiro atoms. The maximum absolute atomic E-state index is 12.1. The van der Waals surface area contributed by atoms with Gasteiger partial charge in [0, 0.05) is 13.0 Å². The van der Waals surface area contributed by atoms with E-state index in [-0.39, 0.29) is 23.7 Å². The lowest BCUT2D eigenvalue weighted by Crippen LogP contribution is -2.32. The molecule has 5 nitrogen and oxygen atoms in total. The molecule has 0 radical (unpaired) electrons. The number of amides is 2. The first-order valence-corrected chi connectivity index (χ1v) is 6.24. The van der Waals surface area contributed by atoms with Crippen LogP contribution in [0.4, 0.5) is 0 Å². The van der Waals surface area contributed by atoms with E-state index in [0.717, 1.165) is 12.8 Å². The second-order valence-electron chi connectivity index (χ2n) is 4.80. The lowest BCUT2D eigenvalue weighted by atomic mass is 9.80. The summed E-state index contributed by atoms with van der Waals surface area (Å²) in [5.41, 5.74) is 0.643. The summed E-state index contributed by atoms with van der Waals surface area (Å²) in [6.07, 6.45) is 3.53. The molecule has 2 aliphatic rings. The van der Waals surface area contributed by atoms with Gasteiger partial charge in [-0.2, -0.15) is 0 Å². The van der Waals surface area contributed by atoms with Gasteiger partial charge in [0.1, 0.15) is 0 Å². The molecular formula is C12H18N2O3. The maximum Gasteiger partial charge on any atom is 0.233 e. The highest BCUT2D eigenvalue weighted by molar-refractivity contribution is 6.08. The molecule has 2 amide bonds. The Morgan fingerprint density at radius 2 is 2.06 bits per heavy atom. The second-order valence-corrected chi connectivity index (χ2v) is 4.80. The van der Waals surface area contributed by atoms with Crippen molar-refractivity contribution in [2.24, 2.45) is 17.0 Å². The molecule has 1 N–H and O–H groups in total. The van der Waals surface area contributed by atoms with Crippen LogP contribution in [0.1, 0.15) is 39.0 Å². The van der Waals surface area contributed by atoms with Crippen LogP contribution in [0.5, 0.6) is 0 Å². The minimum absolute atomic E-state index is 0.0227. The van der Waals surface area contributed by atoms with Crippen molar-refractivity contribution < 1.29 is 14.8 Å². The van der Waals surface area contributed by atoms with E-state index in [1.807, 2.05) is 6.92 Å². The number of rotatable bonds is 3. The summed E-state index contributed by atoms with van der Waals surface area (Å²) in [4.78, 5) is 25.5. The Balaban J connectivity index is 2.11. The van der Waals surface area contributed by atoms with Crippen LogP contribution < -0.4 is 0 Å². The molecule has 1 saturated heterocycles. The van der Waals surface area contributed by atoms with Gasteiger partial charge in [-0.05, 0) is 19.3 Å². The molecule has 5 heteroatoms. The Kier molecular flexibility index (Phi) is 3.45. The summed E-state index contributed by atoms with van der Waals surface area (Å²) in [6, 6.07) is 0. The summed E-state index contributed by atoms with van der Waals surface area (Å²) >= 11 is 0. The molecule has 2 atom stereocenters. The summed E-state index contributed by atoms with van der Waals surface area (Å²) < 4.78 is 0. The lowest BCUT2D eigenvalue weighted by molar-refractivity contribution is -0.139. The Hall–Kier alpha value is -1.39. The molecule has 0 aromatic carbocycles. The summed E-state index contributed by atoms with van der Waals surface area (Å²) in [7, 11) is 0. The predicted octanol–water partition coefficient (Wildman–Crippen LogP) is 1.40. The minimum atomic E-state index is -0.279. The van der Waals surface area contributed by atoms with Crippen molar-refractivity contribution >= 4 is 17.5 Å². The molecule has 1 aliphatic heterocycles. The first-order valence-electron chi connectivity index (χ1n) is 6.24. The summed E-state index contributed by atoms with van der Waals surface area (Å²) in [5.74, 6) is -0.552. The highest BCUT2D eigenvalue weighted by atomic mass is 16.4. The van der Waals surface area contributed by atoms with Gasteiger partial charge in [0.25, 0.3) is 0 Å². The normalized spacial score (nSPS) is 31.1. The van der Waals surface area contributed by atoms with Crippen molar-refractivity contribution in [3.63, 3.8) is 0 Å². The Labute approximate surface area is 100 Å². The number of hydrogen-bond acceptors (Lipinski definition) is 4. The zero-order valence-electron chi connectivity index (χ0n) is 10.1. The average molecular weight is 238 g/mol. The van der Waals surface area contributed by atoms with E-state index < -0.39 is 0 Å². The van der Waals surface area contributed by atoms with Crippen LogP contribution >= 0.6 is 0 Å². The predicted molar refractivity (Wildman–Crippen MR) is 61.7 cm³/mol. The highest BCUT2D eigenvalue weighted by Gasteiger charge is 2.49. The third-order valence-corrected chi connectivity index (χ3v) is 3.73. The number of carbonyl (C=O) groups is 2. The lowest BCUT2D eigenvalue weighted by Gasteiger charge is -2.20. The van der Waals surface area contributed by atoms with Crippen LogP contribution in [0.25, 0.3) is 0 Å². The van der Waals surface area contributed by atoms with Crippen LogP contribution in [-0.2, 0) is 9.59 Å². The fourth-order valence-corrected chi connectivity index (χ4v) is 2.71. The van der Waals surface area contributed by atoms with Crippen molar-refractivity contribution in [2.75, 3.05) is 6.54 Å². The standard InChI is InChI=1S/C12H18N2O3/c1-2-3-6-14-11(15)9-5-4-8(13-17)7-10(9)12(14)16/h9-10,17H,2-7H2,1H3/b13-8+/t9-,10-/m1/s1. The van der Waals surface area contributed by atoms with Crippen molar-refractivity contribution in [3.8, 4) is 0 Å². The molecular weight excluding hydrogens is 220 g/mol. The smallest absolute Gasteiger partial charge is 0.233 e. The van der Waals surface area contributed by atoms with Crippen molar-refractivity contribution in [3.05, 3.63) is 0 Å². The van der Waals surface area contributed by atoms with Crippen molar-refractivity contribution in [1.29, 1.82) is 0 Å². The molecule has 2 rings (SSSR count). The van der Waals surface area contributed by atoms with Crippen molar-refractivity contribution in [1.82, 2.24) is 4.90 Å². The molecule has 1 saturated carbocycles. The zero-order chi connectivity index (χ0) is 12.4. The van der Waals surface area contributed by atoms with E-state index in [9.17, 15) is 9.59 Å². The largest absolute Gasteiger partial charge is 0.411 e. The van der Waals surface area contributed by atoms with Crippen LogP contribution in [0, 0.1) is 11.8 Å². The maximum atomic E-state index is 12.1. The monoisotopic (exact) mass is 238 g/mol. The Morgan fingerprint density at radius 3 is 2.71 bits per heavy atom. The average Bonchev–Trinajstić information content (AvgIpc) is 2.59. The molecule has 2 fully saturated rings. The third-order valence-electron chi connectivity index (χ3n) is 3.73. The number of fused-ring (bicyclic) bond motifs is 1. The van der Waals surface area contributed by atoms with Crippen LogP contribution in [0.15, 0.2) is 5.16 Å². The number of carbonyl (C=O) groups excluding carboxylic acids is 2. The van der Waals surface area contributed by atoms with Gasteiger partial charge < -0.3 is 5.21 Å². The highest BCUT2D eigenvalue weighted by Crippen LogP contribution is 2.37. The topological polar surface area (TPSA) is 70.0 Å². The number of unbranched alkanes of at least 4 members (excludes halogenated alkanes) is 1. The molecule has 0 aromatic rings. The van der Waals surface area contributed by atoms with Crippen LogP contribution in [0.2, 0.25) is 0 Å². The first kappa shape index (κ1) is 12.1. The minimum Gasteiger partial charge on any atom is -0.411 e. The van der Waals surface area contributed by atoms with Gasteiger partial charge in [-0.25, -0.2) is 0 Å². The Morgan fingerprint density at radius 1 is 1.35 bits per heavy atom. The zero-order valence-corrected chi connectivity index (χ0v) is 10.1. The van der Waals surface area contributed by atoms with E-state index in [1.54, 1.807) is 0 Å².